The number of rotatable bonds is 2. The summed E-state index contributed by atoms with van der Waals surface area (Å²) >= 11 is 0. The van der Waals surface area contributed by atoms with Gasteiger partial charge in [-0.1, -0.05) is 18.2 Å². The Bertz CT molecular complexity index is 683. The second kappa shape index (κ2) is 5.02. The Hall–Kier alpha value is -1.48. The molecule has 5 atom stereocenters. The summed E-state index contributed by atoms with van der Waals surface area (Å²) in [5.41, 5.74) is -1.27. The summed E-state index contributed by atoms with van der Waals surface area (Å²) in [6, 6.07) is 7.05. The Balaban J connectivity index is 2.19. The topological polar surface area (TPSA) is 126 Å². The standard InChI is InChI=1S/C15H19NO6/c1-14(20)13(19)15(21,12(18)11(7-17)22-14)9-6-16-10-5-3-2-4-8(9)10/h2-6,11-13,16-21H,7H2,1H3/t11-,12+,13+,14-,15+/m1/s1. The van der Waals surface area contributed by atoms with E-state index in [-0.39, 0.29) is 5.56 Å². The van der Waals surface area contributed by atoms with Gasteiger partial charge in [-0.15, -0.1) is 0 Å². The third kappa shape index (κ3) is 1.98. The lowest BCUT2D eigenvalue weighted by atomic mass is 9.75. The second-order valence-corrected chi connectivity index (χ2v) is 5.81. The predicted octanol–water partition coefficient (Wildman–Crippen LogP) is -0.823. The average molecular weight is 309 g/mol. The number of para-hydroxylation sites is 1. The van der Waals surface area contributed by atoms with Crippen molar-refractivity contribution < 1.29 is 30.3 Å². The first-order valence-corrected chi connectivity index (χ1v) is 6.98. The lowest BCUT2D eigenvalue weighted by molar-refractivity contribution is -0.372. The zero-order valence-corrected chi connectivity index (χ0v) is 12.0. The van der Waals surface area contributed by atoms with Crippen molar-refractivity contribution in [1.82, 2.24) is 4.98 Å². The van der Waals surface area contributed by atoms with Crippen molar-refractivity contribution in [2.24, 2.45) is 0 Å². The van der Waals surface area contributed by atoms with Crippen LogP contribution in [0.2, 0.25) is 0 Å². The molecular weight excluding hydrogens is 290 g/mol. The fourth-order valence-electron chi connectivity index (χ4n) is 3.14. The minimum absolute atomic E-state index is 0.227. The molecule has 7 heteroatoms. The Morgan fingerprint density at radius 1 is 1.23 bits per heavy atom. The molecular formula is C15H19NO6. The normalized spacial score (nSPS) is 39.3. The van der Waals surface area contributed by atoms with Crippen LogP contribution in [0.25, 0.3) is 10.9 Å². The highest BCUT2D eigenvalue weighted by molar-refractivity contribution is 5.84. The number of aliphatic hydroxyl groups is 5. The van der Waals surface area contributed by atoms with E-state index < -0.39 is 36.3 Å². The highest BCUT2D eigenvalue weighted by Gasteiger charge is 2.60. The van der Waals surface area contributed by atoms with Crippen molar-refractivity contribution in [3.05, 3.63) is 36.0 Å². The van der Waals surface area contributed by atoms with Crippen LogP contribution in [-0.2, 0) is 10.3 Å². The van der Waals surface area contributed by atoms with Crippen molar-refractivity contribution in [3.63, 3.8) is 0 Å². The fourth-order valence-corrected chi connectivity index (χ4v) is 3.14. The molecule has 0 aliphatic carbocycles. The van der Waals surface area contributed by atoms with E-state index in [4.69, 9.17) is 4.74 Å². The molecule has 3 rings (SSSR count). The molecule has 1 fully saturated rings. The number of H-pyrrole nitrogens is 1. The first-order chi connectivity index (χ1) is 10.3. The van der Waals surface area contributed by atoms with Crippen LogP contribution in [0.1, 0.15) is 12.5 Å². The van der Waals surface area contributed by atoms with Crippen LogP contribution in [-0.4, -0.2) is 61.2 Å². The minimum atomic E-state index is -2.20. The molecule has 1 aromatic heterocycles. The van der Waals surface area contributed by atoms with Crippen LogP contribution in [0.4, 0.5) is 0 Å². The maximum absolute atomic E-state index is 11.0. The van der Waals surface area contributed by atoms with Crippen LogP contribution in [0, 0.1) is 0 Å². The van der Waals surface area contributed by atoms with Gasteiger partial charge in [-0.2, -0.15) is 0 Å². The molecule has 0 saturated carbocycles. The van der Waals surface area contributed by atoms with Crippen molar-refractivity contribution in [3.8, 4) is 0 Å². The monoisotopic (exact) mass is 309 g/mol. The number of aromatic nitrogens is 1. The number of hydrogen-bond donors (Lipinski definition) is 6. The van der Waals surface area contributed by atoms with E-state index in [1.165, 1.54) is 13.1 Å². The summed E-state index contributed by atoms with van der Waals surface area (Å²) in [4.78, 5) is 2.94. The summed E-state index contributed by atoms with van der Waals surface area (Å²) in [6.07, 6.45) is -3.20. The molecule has 1 aliphatic heterocycles. The third-order valence-corrected chi connectivity index (χ3v) is 4.32. The van der Waals surface area contributed by atoms with E-state index in [2.05, 4.69) is 4.98 Å². The number of aromatic amines is 1. The molecule has 22 heavy (non-hydrogen) atoms. The van der Waals surface area contributed by atoms with Gasteiger partial charge in [-0.25, -0.2) is 0 Å². The first-order valence-electron chi connectivity index (χ1n) is 6.98. The van der Waals surface area contributed by atoms with Gasteiger partial charge in [0.1, 0.15) is 18.3 Å². The molecule has 0 spiro atoms. The molecule has 0 bridgehead atoms. The summed E-state index contributed by atoms with van der Waals surface area (Å²) in [5.74, 6) is -2.13. The van der Waals surface area contributed by atoms with Gasteiger partial charge in [-0.05, 0) is 13.0 Å². The SMILES string of the molecule is C[C@@]1(O)O[C@H](CO)[C@H](O)[C@@](O)(c2c[nH]c3ccccc23)[C@H]1O. The van der Waals surface area contributed by atoms with Gasteiger partial charge in [0.25, 0.3) is 0 Å². The van der Waals surface area contributed by atoms with E-state index >= 15 is 0 Å². The predicted molar refractivity (Wildman–Crippen MR) is 76.8 cm³/mol. The Morgan fingerprint density at radius 3 is 2.59 bits per heavy atom. The highest BCUT2D eigenvalue weighted by Crippen LogP contribution is 2.43. The summed E-state index contributed by atoms with van der Waals surface area (Å²) in [7, 11) is 0. The van der Waals surface area contributed by atoms with Gasteiger partial charge in [0, 0.05) is 22.7 Å². The van der Waals surface area contributed by atoms with E-state index in [1.807, 2.05) is 0 Å². The van der Waals surface area contributed by atoms with Crippen LogP contribution in [0.3, 0.4) is 0 Å². The molecule has 1 saturated heterocycles. The molecule has 2 heterocycles. The van der Waals surface area contributed by atoms with Gasteiger partial charge in [0.05, 0.1) is 6.61 Å². The Labute approximate surface area is 126 Å². The van der Waals surface area contributed by atoms with Gasteiger partial charge in [-0.3, -0.25) is 0 Å². The lowest BCUT2D eigenvalue weighted by Gasteiger charge is -2.50. The number of ether oxygens (including phenoxy) is 1. The van der Waals surface area contributed by atoms with Crippen LogP contribution in [0.15, 0.2) is 30.5 Å². The van der Waals surface area contributed by atoms with Crippen LogP contribution in [0.5, 0.6) is 0 Å². The zero-order chi connectivity index (χ0) is 16.1. The average Bonchev–Trinajstić information content (AvgIpc) is 2.93. The van der Waals surface area contributed by atoms with Gasteiger partial charge < -0.3 is 35.3 Å². The Morgan fingerprint density at radius 2 is 1.91 bits per heavy atom. The van der Waals surface area contributed by atoms with E-state index in [1.54, 1.807) is 24.3 Å². The summed E-state index contributed by atoms with van der Waals surface area (Å²) in [6.45, 7) is 0.556. The number of aliphatic hydroxyl groups excluding tert-OH is 3. The molecule has 6 N–H and O–H groups in total. The second-order valence-electron chi connectivity index (χ2n) is 5.81. The highest BCUT2D eigenvalue weighted by atomic mass is 16.7. The summed E-state index contributed by atoms with van der Waals surface area (Å²) in [5, 5.41) is 52.0. The van der Waals surface area contributed by atoms with Crippen molar-refractivity contribution in [2.75, 3.05) is 6.61 Å². The van der Waals surface area contributed by atoms with E-state index in [0.717, 1.165) is 0 Å². The number of nitrogens with one attached hydrogen (secondary N) is 1. The van der Waals surface area contributed by atoms with Gasteiger partial charge >= 0.3 is 0 Å². The fraction of sp³-hybridized carbons (Fsp3) is 0.467. The molecule has 0 radical (unpaired) electrons. The molecule has 0 amide bonds. The molecule has 7 nitrogen and oxygen atoms in total. The molecule has 1 aromatic carbocycles. The largest absolute Gasteiger partial charge is 0.394 e. The van der Waals surface area contributed by atoms with E-state index in [0.29, 0.717) is 10.9 Å². The summed E-state index contributed by atoms with van der Waals surface area (Å²) < 4.78 is 5.09. The van der Waals surface area contributed by atoms with Crippen molar-refractivity contribution in [1.29, 1.82) is 0 Å². The van der Waals surface area contributed by atoms with Gasteiger partial charge in [0.2, 0.25) is 0 Å². The number of fused-ring (bicyclic) bond motifs is 1. The maximum atomic E-state index is 11.0. The minimum Gasteiger partial charge on any atom is -0.394 e. The molecule has 1 aliphatic rings. The number of hydrogen-bond acceptors (Lipinski definition) is 6. The number of benzene rings is 1. The third-order valence-electron chi connectivity index (χ3n) is 4.32. The molecule has 120 valence electrons. The van der Waals surface area contributed by atoms with E-state index in [9.17, 15) is 25.5 Å². The van der Waals surface area contributed by atoms with Crippen molar-refractivity contribution in [2.45, 2.75) is 36.6 Å². The maximum Gasteiger partial charge on any atom is 0.192 e. The first kappa shape index (κ1) is 15.4. The van der Waals surface area contributed by atoms with Crippen LogP contribution >= 0.6 is 0 Å². The zero-order valence-electron chi connectivity index (χ0n) is 12.0. The lowest BCUT2D eigenvalue weighted by Crippen LogP contribution is -2.69. The van der Waals surface area contributed by atoms with Crippen LogP contribution < -0.4 is 0 Å². The Kier molecular flexibility index (Phi) is 3.52. The van der Waals surface area contributed by atoms with Crippen molar-refractivity contribution >= 4 is 10.9 Å². The molecule has 2 aromatic rings. The van der Waals surface area contributed by atoms with Gasteiger partial charge in [0.15, 0.2) is 11.4 Å². The smallest absolute Gasteiger partial charge is 0.192 e. The quantitative estimate of drug-likeness (QED) is 0.430. The molecule has 0 unspecified atom stereocenters.